The molecule has 116 valence electrons. The van der Waals surface area contributed by atoms with Gasteiger partial charge in [0.1, 0.15) is 5.82 Å². The lowest BCUT2D eigenvalue weighted by atomic mass is 10.2. The number of aliphatic hydroxyl groups excluding tert-OH is 1. The van der Waals surface area contributed by atoms with Crippen molar-refractivity contribution in [3.05, 3.63) is 65.5 Å². The Morgan fingerprint density at radius 1 is 1.14 bits per heavy atom. The van der Waals surface area contributed by atoms with Crippen LogP contribution < -0.4 is 5.32 Å². The van der Waals surface area contributed by atoms with E-state index in [1.165, 1.54) is 11.6 Å². The minimum absolute atomic E-state index is 0.133. The number of halogens is 1. The van der Waals surface area contributed by atoms with Gasteiger partial charge in [0.15, 0.2) is 0 Å². The quantitative estimate of drug-likeness (QED) is 0.891. The smallest absolute Gasteiger partial charge is 0.146 e. The molecule has 0 radical (unpaired) electrons. The van der Waals surface area contributed by atoms with Crippen molar-refractivity contribution in [2.75, 3.05) is 18.4 Å². The predicted octanol–water partition coefficient (Wildman–Crippen LogP) is 3.00. The molecule has 4 heteroatoms. The van der Waals surface area contributed by atoms with E-state index in [9.17, 15) is 4.39 Å². The molecule has 1 fully saturated rings. The second-order valence-corrected chi connectivity index (χ2v) is 5.82. The summed E-state index contributed by atoms with van der Waals surface area (Å²) in [5.41, 5.74) is 2.42. The summed E-state index contributed by atoms with van der Waals surface area (Å²) < 4.78 is 13.9. The Kier molecular flexibility index (Phi) is 4.71. The van der Waals surface area contributed by atoms with Crippen LogP contribution in [0.3, 0.4) is 0 Å². The molecule has 0 saturated carbocycles. The number of hydrogen-bond acceptors (Lipinski definition) is 3. The molecule has 22 heavy (non-hydrogen) atoms. The monoisotopic (exact) mass is 300 g/mol. The second-order valence-electron chi connectivity index (χ2n) is 5.82. The van der Waals surface area contributed by atoms with Gasteiger partial charge in [0.05, 0.1) is 12.3 Å². The van der Waals surface area contributed by atoms with Crippen LogP contribution in [0.4, 0.5) is 10.1 Å². The highest BCUT2D eigenvalue weighted by Crippen LogP contribution is 2.21. The summed E-state index contributed by atoms with van der Waals surface area (Å²) in [6.45, 7) is 2.73. The third kappa shape index (κ3) is 3.64. The van der Waals surface area contributed by atoms with E-state index < -0.39 is 0 Å². The first-order valence-corrected chi connectivity index (χ1v) is 7.66. The van der Waals surface area contributed by atoms with E-state index in [2.05, 4.69) is 34.5 Å². The van der Waals surface area contributed by atoms with Crippen LogP contribution in [0.5, 0.6) is 0 Å². The zero-order chi connectivity index (χ0) is 15.4. The van der Waals surface area contributed by atoms with Gasteiger partial charge in [-0.3, -0.25) is 4.90 Å². The molecular formula is C18H21FN2O. The molecule has 0 aromatic heterocycles. The summed E-state index contributed by atoms with van der Waals surface area (Å²) in [5, 5.41) is 12.3. The normalized spacial score (nSPS) is 18.5. The zero-order valence-electron chi connectivity index (χ0n) is 12.5. The topological polar surface area (TPSA) is 35.5 Å². The molecule has 0 bridgehead atoms. The molecule has 0 unspecified atom stereocenters. The predicted molar refractivity (Wildman–Crippen MR) is 86.1 cm³/mol. The van der Waals surface area contributed by atoms with Crippen LogP contribution in [0.15, 0.2) is 48.5 Å². The standard InChI is InChI=1S/C18H21FN2O/c19-17-10-15(13-22)6-7-18(17)20-16-8-9-21(12-16)11-14-4-2-1-3-5-14/h1-7,10,16,20,22H,8-9,11-13H2/t16-/m1/s1. The number of benzene rings is 2. The fourth-order valence-corrected chi connectivity index (χ4v) is 2.93. The van der Waals surface area contributed by atoms with Crippen LogP contribution in [0.2, 0.25) is 0 Å². The lowest BCUT2D eigenvalue weighted by Gasteiger charge is -2.18. The first-order valence-electron chi connectivity index (χ1n) is 7.66. The van der Waals surface area contributed by atoms with Crippen LogP contribution in [0, 0.1) is 5.82 Å². The molecule has 1 saturated heterocycles. The first kappa shape index (κ1) is 15.0. The molecule has 2 aromatic rings. The van der Waals surface area contributed by atoms with Gasteiger partial charge in [-0.1, -0.05) is 36.4 Å². The molecule has 1 atom stereocenters. The third-order valence-corrected chi connectivity index (χ3v) is 4.10. The Labute approximate surface area is 130 Å². The number of anilines is 1. The van der Waals surface area contributed by atoms with E-state index >= 15 is 0 Å². The third-order valence-electron chi connectivity index (χ3n) is 4.10. The fraction of sp³-hybridized carbons (Fsp3) is 0.333. The van der Waals surface area contributed by atoms with Gasteiger partial charge in [0.2, 0.25) is 0 Å². The van der Waals surface area contributed by atoms with Gasteiger partial charge in [-0.15, -0.1) is 0 Å². The van der Waals surface area contributed by atoms with Crippen LogP contribution in [0.25, 0.3) is 0 Å². The Balaban J connectivity index is 1.57. The Morgan fingerprint density at radius 3 is 2.68 bits per heavy atom. The highest BCUT2D eigenvalue weighted by atomic mass is 19.1. The van der Waals surface area contributed by atoms with Gasteiger partial charge in [0, 0.05) is 25.7 Å². The van der Waals surface area contributed by atoms with E-state index in [0.717, 1.165) is 26.1 Å². The molecule has 0 aliphatic carbocycles. The number of hydrogen-bond donors (Lipinski definition) is 2. The highest BCUT2D eigenvalue weighted by molar-refractivity contribution is 5.47. The number of aliphatic hydroxyl groups is 1. The second kappa shape index (κ2) is 6.90. The van der Waals surface area contributed by atoms with E-state index in [1.54, 1.807) is 12.1 Å². The average Bonchev–Trinajstić information content (AvgIpc) is 2.97. The molecule has 2 aromatic carbocycles. The van der Waals surface area contributed by atoms with Crippen LogP contribution >= 0.6 is 0 Å². The maximum atomic E-state index is 13.9. The van der Waals surface area contributed by atoms with Crippen molar-refractivity contribution in [1.29, 1.82) is 0 Å². The first-order chi connectivity index (χ1) is 10.7. The summed E-state index contributed by atoms with van der Waals surface area (Å²) in [4.78, 5) is 2.38. The average molecular weight is 300 g/mol. The van der Waals surface area contributed by atoms with Crippen LogP contribution in [-0.2, 0) is 13.2 Å². The molecule has 3 nitrogen and oxygen atoms in total. The van der Waals surface area contributed by atoms with Crippen LogP contribution in [0.1, 0.15) is 17.5 Å². The van der Waals surface area contributed by atoms with Crippen molar-refractivity contribution in [2.24, 2.45) is 0 Å². The van der Waals surface area contributed by atoms with Crippen molar-refractivity contribution in [3.8, 4) is 0 Å². The SMILES string of the molecule is OCc1ccc(N[C@@H]2CCN(Cc3ccccc3)C2)c(F)c1. The van der Waals surface area contributed by atoms with E-state index in [1.807, 2.05) is 6.07 Å². The fourth-order valence-electron chi connectivity index (χ4n) is 2.93. The molecule has 0 amide bonds. The highest BCUT2D eigenvalue weighted by Gasteiger charge is 2.23. The Hall–Kier alpha value is -1.91. The number of nitrogens with one attached hydrogen (secondary N) is 1. The number of likely N-dealkylation sites (tertiary alicyclic amines) is 1. The van der Waals surface area contributed by atoms with Crippen molar-refractivity contribution >= 4 is 5.69 Å². The lowest BCUT2D eigenvalue weighted by molar-refractivity contribution is 0.281. The van der Waals surface area contributed by atoms with Gasteiger partial charge in [-0.05, 0) is 29.7 Å². The van der Waals surface area contributed by atoms with Gasteiger partial charge in [0.25, 0.3) is 0 Å². The van der Waals surface area contributed by atoms with Crippen molar-refractivity contribution < 1.29 is 9.50 Å². The number of nitrogens with zero attached hydrogens (tertiary/aromatic N) is 1. The molecule has 0 spiro atoms. The van der Waals surface area contributed by atoms with Gasteiger partial charge < -0.3 is 10.4 Å². The summed E-state index contributed by atoms with van der Waals surface area (Å²) in [5.74, 6) is -0.298. The molecule has 3 rings (SSSR count). The van der Waals surface area contributed by atoms with E-state index in [-0.39, 0.29) is 18.5 Å². The van der Waals surface area contributed by atoms with Gasteiger partial charge >= 0.3 is 0 Å². The van der Waals surface area contributed by atoms with Crippen molar-refractivity contribution in [2.45, 2.75) is 25.6 Å². The lowest BCUT2D eigenvalue weighted by Crippen LogP contribution is -2.26. The minimum Gasteiger partial charge on any atom is -0.392 e. The van der Waals surface area contributed by atoms with E-state index in [0.29, 0.717) is 11.3 Å². The molecule has 1 heterocycles. The Bertz CT molecular complexity index is 618. The summed E-state index contributed by atoms with van der Waals surface area (Å²) >= 11 is 0. The Morgan fingerprint density at radius 2 is 1.95 bits per heavy atom. The maximum Gasteiger partial charge on any atom is 0.146 e. The van der Waals surface area contributed by atoms with E-state index in [4.69, 9.17) is 5.11 Å². The van der Waals surface area contributed by atoms with Crippen molar-refractivity contribution in [1.82, 2.24) is 4.90 Å². The van der Waals surface area contributed by atoms with Crippen LogP contribution in [-0.4, -0.2) is 29.1 Å². The number of rotatable bonds is 5. The summed E-state index contributed by atoms with van der Waals surface area (Å²) in [7, 11) is 0. The maximum absolute atomic E-state index is 13.9. The largest absolute Gasteiger partial charge is 0.392 e. The van der Waals surface area contributed by atoms with Gasteiger partial charge in [-0.25, -0.2) is 4.39 Å². The van der Waals surface area contributed by atoms with Crippen molar-refractivity contribution in [3.63, 3.8) is 0 Å². The zero-order valence-corrected chi connectivity index (χ0v) is 12.5. The minimum atomic E-state index is -0.298. The summed E-state index contributed by atoms with van der Waals surface area (Å²) in [6, 6.07) is 15.5. The molecule has 2 N–H and O–H groups in total. The molecule has 1 aliphatic rings. The van der Waals surface area contributed by atoms with Gasteiger partial charge in [-0.2, -0.15) is 0 Å². The molecule has 1 aliphatic heterocycles. The summed E-state index contributed by atoms with van der Waals surface area (Å²) in [6.07, 6.45) is 1.01. The molecular weight excluding hydrogens is 279 g/mol.